The monoisotopic (exact) mass is 300 g/mol. The molecule has 0 aliphatic heterocycles. The molecule has 114 valence electrons. The number of rotatable bonds is 5. The topological polar surface area (TPSA) is 65.7 Å². The minimum absolute atomic E-state index is 0.0729. The van der Waals surface area contributed by atoms with E-state index in [0.717, 1.165) is 12.2 Å². The number of hydrogen-bond donors (Lipinski definition) is 0. The van der Waals surface area contributed by atoms with Crippen molar-refractivity contribution in [3.8, 4) is 11.5 Å². The van der Waals surface area contributed by atoms with Crippen LogP contribution in [0.15, 0.2) is 41.0 Å². The second kappa shape index (κ2) is 5.67. The lowest BCUT2D eigenvalue weighted by molar-refractivity contribution is -0.136. The van der Waals surface area contributed by atoms with Crippen LogP contribution in [0.2, 0.25) is 0 Å². The number of benzene rings is 1. The Morgan fingerprint density at radius 2 is 2.05 bits per heavy atom. The zero-order valence-corrected chi connectivity index (χ0v) is 12.4. The highest BCUT2D eigenvalue weighted by Crippen LogP contribution is 2.48. The molecule has 0 N–H and O–H groups in total. The number of carbonyl (C=O) groups excluding carboxylic acids is 2. The largest absolute Gasteiger partial charge is 0.493 e. The van der Waals surface area contributed by atoms with Crippen LogP contribution in [0.25, 0.3) is 0 Å². The summed E-state index contributed by atoms with van der Waals surface area (Å²) in [5, 5.41) is 0. The van der Waals surface area contributed by atoms with Gasteiger partial charge in [0.25, 0.3) is 0 Å². The molecule has 3 rings (SSSR count). The first-order chi connectivity index (χ1) is 10.6. The van der Waals surface area contributed by atoms with Gasteiger partial charge in [-0.3, -0.25) is 9.59 Å². The predicted molar refractivity (Wildman–Crippen MR) is 78.2 cm³/mol. The van der Waals surface area contributed by atoms with Crippen molar-refractivity contribution in [1.82, 2.24) is 0 Å². The van der Waals surface area contributed by atoms with E-state index in [2.05, 4.69) is 0 Å². The molecule has 0 unspecified atom stereocenters. The number of Topliss-reactive ketones (excluding diaryl/α,β-unsaturated/α-hetero) is 1. The Bertz CT molecular complexity index is 702. The van der Waals surface area contributed by atoms with E-state index in [9.17, 15) is 9.59 Å². The van der Waals surface area contributed by atoms with Gasteiger partial charge in [0, 0.05) is 11.5 Å². The van der Waals surface area contributed by atoms with Gasteiger partial charge in [-0.2, -0.15) is 0 Å². The number of ketones is 1. The Morgan fingerprint density at radius 3 is 2.68 bits per heavy atom. The van der Waals surface area contributed by atoms with E-state index in [1.165, 1.54) is 14.0 Å². The van der Waals surface area contributed by atoms with Crippen LogP contribution in [0.5, 0.6) is 11.5 Å². The lowest BCUT2D eigenvalue weighted by Gasteiger charge is -2.10. The van der Waals surface area contributed by atoms with Crippen molar-refractivity contribution in [2.45, 2.75) is 19.3 Å². The van der Waals surface area contributed by atoms with Crippen molar-refractivity contribution in [3.63, 3.8) is 0 Å². The van der Waals surface area contributed by atoms with Crippen molar-refractivity contribution in [3.05, 3.63) is 47.9 Å². The quantitative estimate of drug-likeness (QED) is 0.482. The van der Waals surface area contributed by atoms with Gasteiger partial charge in [0.1, 0.15) is 5.76 Å². The van der Waals surface area contributed by atoms with Crippen LogP contribution >= 0.6 is 0 Å². The maximum atomic E-state index is 12.2. The highest BCUT2D eigenvalue weighted by Gasteiger charge is 2.47. The molecule has 1 heterocycles. The molecule has 5 heteroatoms. The minimum Gasteiger partial charge on any atom is -0.493 e. The first-order valence-corrected chi connectivity index (χ1v) is 7.04. The van der Waals surface area contributed by atoms with E-state index in [4.69, 9.17) is 13.9 Å². The number of carbonyl (C=O) groups is 2. The molecule has 2 atom stereocenters. The third kappa shape index (κ3) is 2.74. The van der Waals surface area contributed by atoms with E-state index in [1.54, 1.807) is 30.5 Å². The Labute approximate surface area is 127 Å². The fourth-order valence-corrected chi connectivity index (χ4v) is 2.43. The Morgan fingerprint density at radius 1 is 1.23 bits per heavy atom. The van der Waals surface area contributed by atoms with Crippen LogP contribution in [0.3, 0.4) is 0 Å². The molecule has 2 aromatic rings. The molecule has 0 saturated heterocycles. The lowest BCUT2D eigenvalue weighted by Crippen LogP contribution is -2.12. The smallest absolute Gasteiger partial charge is 0.315 e. The molecule has 1 fully saturated rings. The predicted octanol–water partition coefficient (Wildman–Crippen LogP) is 3.20. The number of esters is 1. The highest BCUT2D eigenvalue weighted by atomic mass is 16.6. The third-order valence-electron chi connectivity index (χ3n) is 3.78. The Hall–Kier alpha value is -2.56. The summed E-state index contributed by atoms with van der Waals surface area (Å²) < 4.78 is 15.9. The third-order valence-corrected chi connectivity index (χ3v) is 3.78. The van der Waals surface area contributed by atoms with E-state index in [1.807, 2.05) is 6.07 Å². The van der Waals surface area contributed by atoms with Gasteiger partial charge >= 0.3 is 5.97 Å². The second-order valence-electron chi connectivity index (χ2n) is 5.31. The van der Waals surface area contributed by atoms with Crippen molar-refractivity contribution in [2.75, 3.05) is 7.11 Å². The zero-order chi connectivity index (χ0) is 15.7. The van der Waals surface area contributed by atoms with E-state index < -0.39 is 0 Å². The Balaban J connectivity index is 1.71. The summed E-state index contributed by atoms with van der Waals surface area (Å²) in [5.41, 5.74) is 0.511. The Kier molecular flexibility index (Phi) is 3.71. The normalized spacial score (nSPS) is 19.5. The maximum Gasteiger partial charge on any atom is 0.315 e. The molecule has 0 amide bonds. The van der Waals surface area contributed by atoms with Gasteiger partial charge in [0.2, 0.25) is 0 Å². The summed E-state index contributed by atoms with van der Waals surface area (Å²) in [6.45, 7) is 1.47. The van der Waals surface area contributed by atoms with Crippen molar-refractivity contribution < 1.29 is 23.5 Å². The van der Waals surface area contributed by atoms with Gasteiger partial charge in [-0.15, -0.1) is 0 Å². The maximum absolute atomic E-state index is 12.2. The fourth-order valence-electron chi connectivity index (χ4n) is 2.43. The highest BCUT2D eigenvalue weighted by molar-refractivity contribution is 5.94. The molecule has 1 aliphatic carbocycles. The molecule has 0 radical (unpaired) electrons. The fraction of sp³-hybridized carbons (Fsp3) is 0.294. The van der Waals surface area contributed by atoms with Crippen molar-refractivity contribution in [1.29, 1.82) is 0 Å². The first-order valence-electron chi connectivity index (χ1n) is 7.04. The number of furan rings is 1. The summed E-state index contributed by atoms with van der Waals surface area (Å²) in [6.07, 6.45) is 2.32. The number of ether oxygens (including phenoxy) is 2. The second-order valence-corrected chi connectivity index (χ2v) is 5.31. The van der Waals surface area contributed by atoms with Crippen LogP contribution in [0, 0.1) is 5.92 Å². The number of hydrogen-bond acceptors (Lipinski definition) is 5. The molecule has 22 heavy (non-hydrogen) atoms. The van der Waals surface area contributed by atoms with Crippen LogP contribution in [0.4, 0.5) is 0 Å². The van der Waals surface area contributed by atoms with Crippen molar-refractivity contribution in [2.24, 2.45) is 5.92 Å². The van der Waals surface area contributed by atoms with Gasteiger partial charge < -0.3 is 13.9 Å². The summed E-state index contributed by atoms with van der Waals surface area (Å²) >= 11 is 0. The van der Waals surface area contributed by atoms with Gasteiger partial charge in [-0.05, 0) is 43.7 Å². The minimum atomic E-state index is -0.310. The molecular weight excluding hydrogens is 284 g/mol. The summed E-state index contributed by atoms with van der Waals surface area (Å²) in [5.74, 6) is 1.01. The summed E-state index contributed by atoms with van der Waals surface area (Å²) in [4.78, 5) is 23.5. The zero-order valence-electron chi connectivity index (χ0n) is 12.4. The van der Waals surface area contributed by atoms with Gasteiger partial charge in [0.15, 0.2) is 17.3 Å². The first kappa shape index (κ1) is 14.4. The lowest BCUT2D eigenvalue weighted by atomic mass is 10.1. The van der Waals surface area contributed by atoms with E-state index >= 15 is 0 Å². The average Bonchev–Trinajstić information content (AvgIpc) is 3.13. The van der Waals surface area contributed by atoms with E-state index in [-0.39, 0.29) is 23.6 Å². The summed E-state index contributed by atoms with van der Waals surface area (Å²) in [7, 11) is 1.47. The van der Waals surface area contributed by atoms with Crippen LogP contribution < -0.4 is 9.47 Å². The molecular formula is C17H16O5. The molecule has 0 spiro atoms. The average molecular weight is 300 g/mol. The van der Waals surface area contributed by atoms with Crippen LogP contribution in [0.1, 0.15) is 35.4 Å². The van der Waals surface area contributed by atoms with Crippen LogP contribution in [-0.4, -0.2) is 18.9 Å². The van der Waals surface area contributed by atoms with E-state index in [0.29, 0.717) is 17.1 Å². The van der Waals surface area contributed by atoms with Crippen LogP contribution in [-0.2, 0) is 4.79 Å². The molecule has 0 bridgehead atoms. The van der Waals surface area contributed by atoms with Gasteiger partial charge in [-0.25, -0.2) is 0 Å². The van der Waals surface area contributed by atoms with Crippen molar-refractivity contribution >= 4 is 11.8 Å². The van der Waals surface area contributed by atoms with Gasteiger partial charge in [-0.1, -0.05) is 0 Å². The SMILES string of the molecule is COc1cc(C(C)=O)ccc1OC(=O)[C@H]1C[C@H]1c1ccco1. The molecule has 1 saturated carbocycles. The molecule has 5 nitrogen and oxygen atoms in total. The number of methoxy groups -OCH3 is 1. The molecule has 1 aromatic heterocycles. The molecule has 1 aliphatic rings. The molecule has 1 aromatic carbocycles. The standard InChI is InChI=1S/C17H16O5/c1-10(18)11-5-6-15(16(8-11)20-2)22-17(19)13-9-12(13)14-4-3-7-21-14/h3-8,12-13H,9H2,1-2H3/t12-,13+/m1/s1. The summed E-state index contributed by atoms with van der Waals surface area (Å²) in [6, 6.07) is 8.43. The van der Waals surface area contributed by atoms with Gasteiger partial charge in [0.05, 0.1) is 19.3 Å².